The standard InChI is InChI=1S/C16H20N4O2S/c1-10-15(11(2)20-19-10)23-14-6-4-3-5-12(14)18-16(21)13-9-17-7-8-22-13/h3-6,13,17H,7-9H2,1-2H3,(H,18,21)(H,19,20)/t13-/m0/s1. The van der Waals surface area contributed by atoms with E-state index < -0.39 is 6.10 Å². The number of rotatable bonds is 4. The maximum absolute atomic E-state index is 12.4. The normalized spacial score (nSPS) is 17.9. The van der Waals surface area contributed by atoms with Crippen molar-refractivity contribution < 1.29 is 9.53 Å². The summed E-state index contributed by atoms with van der Waals surface area (Å²) in [6.45, 7) is 5.85. The van der Waals surface area contributed by atoms with Gasteiger partial charge in [-0.25, -0.2) is 0 Å². The van der Waals surface area contributed by atoms with Gasteiger partial charge in [0, 0.05) is 23.7 Å². The molecule has 0 aliphatic carbocycles. The topological polar surface area (TPSA) is 79.0 Å². The molecule has 122 valence electrons. The third kappa shape index (κ3) is 3.74. The highest BCUT2D eigenvalue weighted by Gasteiger charge is 2.22. The van der Waals surface area contributed by atoms with Crippen LogP contribution in [-0.2, 0) is 9.53 Å². The molecule has 1 aromatic carbocycles. The van der Waals surface area contributed by atoms with Gasteiger partial charge in [-0.3, -0.25) is 9.89 Å². The number of carbonyl (C=O) groups is 1. The van der Waals surface area contributed by atoms with Crippen LogP contribution in [0.5, 0.6) is 0 Å². The summed E-state index contributed by atoms with van der Waals surface area (Å²) in [6.07, 6.45) is -0.445. The maximum atomic E-state index is 12.4. The second-order valence-corrected chi connectivity index (χ2v) is 6.47. The Bertz CT molecular complexity index is 676. The third-order valence-electron chi connectivity index (χ3n) is 3.64. The monoisotopic (exact) mass is 332 g/mol. The first-order valence-electron chi connectivity index (χ1n) is 7.57. The van der Waals surface area contributed by atoms with Crippen molar-refractivity contribution in [1.29, 1.82) is 0 Å². The van der Waals surface area contributed by atoms with Gasteiger partial charge in [0.05, 0.1) is 22.9 Å². The molecule has 1 aliphatic heterocycles. The second kappa shape index (κ2) is 7.16. The number of carbonyl (C=O) groups excluding carboxylic acids is 1. The Morgan fingerprint density at radius 1 is 1.39 bits per heavy atom. The number of aromatic amines is 1. The van der Waals surface area contributed by atoms with E-state index in [1.54, 1.807) is 11.8 Å². The molecule has 0 unspecified atom stereocenters. The fourth-order valence-electron chi connectivity index (χ4n) is 2.41. The van der Waals surface area contributed by atoms with Gasteiger partial charge in [-0.1, -0.05) is 23.9 Å². The summed E-state index contributed by atoms with van der Waals surface area (Å²) in [5, 5.41) is 13.3. The summed E-state index contributed by atoms with van der Waals surface area (Å²) in [7, 11) is 0. The van der Waals surface area contributed by atoms with Gasteiger partial charge in [-0.05, 0) is 26.0 Å². The van der Waals surface area contributed by atoms with Crippen LogP contribution >= 0.6 is 11.8 Å². The molecule has 1 amide bonds. The van der Waals surface area contributed by atoms with E-state index in [9.17, 15) is 4.79 Å². The van der Waals surface area contributed by atoms with Crippen LogP contribution in [0.1, 0.15) is 11.4 Å². The Morgan fingerprint density at radius 3 is 2.91 bits per heavy atom. The highest BCUT2D eigenvalue weighted by atomic mass is 32.2. The van der Waals surface area contributed by atoms with Crippen molar-refractivity contribution in [2.45, 2.75) is 29.7 Å². The number of aryl methyl sites for hydroxylation is 2. The molecule has 0 saturated carbocycles. The smallest absolute Gasteiger partial charge is 0.254 e. The van der Waals surface area contributed by atoms with Gasteiger partial charge in [-0.15, -0.1) is 0 Å². The second-order valence-electron chi connectivity index (χ2n) is 5.41. The first-order chi connectivity index (χ1) is 11.1. The fraction of sp³-hybridized carbons (Fsp3) is 0.375. The summed E-state index contributed by atoms with van der Waals surface area (Å²) in [4.78, 5) is 14.4. The molecule has 0 radical (unpaired) electrons. The third-order valence-corrected chi connectivity index (χ3v) is 5.02. The molecule has 1 fully saturated rings. The molecule has 2 heterocycles. The minimum absolute atomic E-state index is 0.120. The summed E-state index contributed by atoms with van der Waals surface area (Å²) in [5.41, 5.74) is 2.76. The van der Waals surface area contributed by atoms with E-state index in [1.807, 2.05) is 38.1 Å². The van der Waals surface area contributed by atoms with E-state index in [1.165, 1.54) is 0 Å². The van der Waals surface area contributed by atoms with Crippen LogP contribution < -0.4 is 10.6 Å². The quantitative estimate of drug-likeness (QED) is 0.799. The lowest BCUT2D eigenvalue weighted by Gasteiger charge is -2.23. The Labute approximate surface area is 139 Å². The van der Waals surface area contributed by atoms with Crippen molar-refractivity contribution in [2.24, 2.45) is 0 Å². The van der Waals surface area contributed by atoms with Gasteiger partial charge in [0.2, 0.25) is 0 Å². The molecular formula is C16H20N4O2S. The van der Waals surface area contributed by atoms with E-state index in [4.69, 9.17) is 4.74 Å². The number of amides is 1. The number of H-pyrrole nitrogens is 1. The molecule has 1 saturated heterocycles. The average Bonchev–Trinajstić information content (AvgIpc) is 2.89. The summed E-state index contributed by atoms with van der Waals surface area (Å²) >= 11 is 1.60. The van der Waals surface area contributed by atoms with Crippen LogP contribution in [0.2, 0.25) is 0 Å². The van der Waals surface area contributed by atoms with E-state index in [-0.39, 0.29) is 5.91 Å². The highest BCUT2D eigenvalue weighted by Crippen LogP contribution is 2.36. The van der Waals surface area contributed by atoms with Crippen LogP contribution in [0.4, 0.5) is 5.69 Å². The lowest BCUT2D eigenvalue weighted by Crippen LogP contribution is -2.45. The van der Waals surface area contributed by atoms with Crippen molar-refractivity contribution in [3.8, 4) is 0 Å². The zero-order valence-corrected chi connectivity index (χ0v) is 14.0. The highest BCUT2D eigenvalue weighted by molar-refractivity contribution is 7.99. The number of ether oxygens (including phenoxy) is 1. The number of hydrogen-bond acceptors (Lipinski definition) is 5. The predicted octanol–water partition coefficient (Wildman–Crippen LogP) is 2.10. The van der Waals surface area contributed by atoms with Gasteiger partial charge in [0.15, 0.2) is 0 Å². The average molecular weight is 332 g/mol. The van der Waals surface area contributed by atoms with E-state index in [2.05, 4.69) is 20.8 Å². The van der Waals surface area contributed by atoms with Crippen LogP contribution in [0.15, 0.2) is 34.1 Å². The van der Waals surface area contributed by atoms with Gasteiger partial charge in [0.1, 0.15) is 6.10 Å². The Balaban J connectivity index is 1.76. The summed E-state index contributed by atoms with van der Waals surface area (Å²) < 4.78 is 5.50. The molecule has 6 nitrogen and oxygen atoms in total. The lowest BCUT2D eigenvalue weighted by molar-refractivity contribution is -0.128. The zero-order chi connectivity index (χ0) is 16.2. The van der Waals surface area contributed by atoms with Gasteiger partial charge in [-0.2, -0.15) is 5.10 Å². The summed E-state index contributed by atoms with van der Waals surface area (Å²) in [5.74, 6) is -0.120. The minimum Gasteiger partial charge on any atom is -0.366 e. The van der Waals surface area contributed by atoms with Crippen molar-refractivity contribution in [3.05, 3.63) is 35.7 Å². The molecule has 0 bridgehead atoms. The largest absolute Gasteiger partial charge is 0.366 e. The first kappa shape index (κ1) is 16.0. The molecule has 1 aliphatic rings. The molecule has 23 heavy (non-hydrogen) atoms. The van der Waals surface area contributed by atoms with E-state index in [0.29, 0.717) is 13.2 Å². The lowest BCUT2D eigenvalue weighted by atomic mass is 10.2. The number of benzene rings is 1. The van der Waals surface area contributed by atoms with Gasteiger partial charge >= 0.3 is 0 Å². The number of morpholine rings is 1. The molecular weight excluding hydrogens is 312 g/mol. The maximum Gasteiger partial charge on any atom is 0.254 e. The summed E-state index contributed by atoms with van der Waals surface area (Å²) in [6, 6.07) is 7.77. The molecule has 1 atom stereocenters. The predicted molar refractivity (Wildman–Crippen MR) is 89.9 cm³/mol. The molecule has 2 aromatic rings. The molecule has 3 rings (SSSR count). The number of anilines is 1. The van der Waals surface area contributed by atoms with Gasteiger partial charge in [0.25, 0.3) is 5.91 Å². The Hall–Kier alpha value is -1.83. The Morgan fingerprint density at radius 2 is 2.22 bits per heavy atom. The van der Waals surface area contributed by atoms with Crippen molar-refractivity contribution in [1.82, 2.24) is 15.5 Å². The number of nitrogens with zero attached hydrogens (tertiary/aromatic N) is 1. The fourth-order valence-corrected chi connectivity index (χ4v) is 3.39. The number of hydrogen-bond donors (Lipinski definition) is 3. The van der Waals surface area contributed by atoms with Crippen molar-refractivity contribution in [3.63, 3.8) is 0 Å². The van der Waals surface area contributed by atoms with Crippen LogP contribution in [0.25, 0.3) is 0 Å². The number of aromatic nitrogens is 2. The SMILES string of the molecule is Cc1n[nH]c(C)c1Sc1ccccc1NC(=O)[C@@H]1CNCCO1. The van der Waals surface area contributed by atoms with Crippen molar-refractivity contribution >= 4 is 23.4 Å². The van der Waals surface area contributed by atoms with Crippen LogP contribution in [-0.4, -0.2) is 41.9 Å². The number of para-hydroxylation sites is 1. The molecule has 1 aromatic heterocycles. The Kier molecular flexibility index (Phi) is 5.00. The van der Waals surface area contributed by atoms with Crippen LogP contribution in [0, 0.1) is 13.8 Å². The van der Waals surface area contributed by atoms with E-state index >= 15 is 0 Å². The molecule has 3 N–H and O–H groups in total. The first-order valence-corrected chi connectivity index (χ1v) is 8.38. The van der Waals surface area contributed by atoms with Crippen molar-refractivity contribution in [2.75, 3.05) is 25.0 Å². The minimum atomic E-state index is -0.445. The van der Waals surface area contributed by atoms with Crippen LogP contribution in [0.3, 0.4) is 0 Å². The zero-order valence-electron chi connectivity index (χ0n) is 13.2. The number of nitrogens with one attached hydrogen (secondary N) is 3. The molecule has 0 spiro atoms. The van der Waals surface area contributed by atoms with E-state index in [0.717, 1.165) is 33.4 Å². The van der Waals surface area contributed by atoms with Gasteiger partial charge < -0.3 is 15.4 Å². The molecule has 7 heteroatoms.